The van der Waals surface area contributed by atoms with Gasteiger partial charge in [-0.25, -0.2) is 4.98 Å². The summed E-state index contributed by atoms with van der Waals surface area (Å²) in [6.07, 6.45) is 4.20. The van der Waals surface area contributed by atoms with Crippen molar-refractivity contribution in [1.29, 1.82) is 0 Å². The van der Waals surface area contributed by atoms with Crippen LogP contribution in [0.5, 0.6) is 0 Å². The molecule has 1 aromatic rings. The number of carbonyl (C=O) groups excluding carboxylic acids is 1. The van der Waals surface area contributed by atoms with Crippen molar-refractivity contribution in [2.24, 2.45) is 5.73 Å². The van der Waals surface area contributed by atoms with Gasteiger partial charge in [0.05, 0.1) is 5.69 Å². The van der Waals surface area contributed by atoms with Crippen LogP contribution < -0.4 is 10.6 Å². The minimum atomic E-state index is -0.563. The molecule has 17 heavy (non-hydrogen) atoms. The van der Waals surface area contributed by atoms with Crippen molar-refractivity contribution in [1.82, 2.24) is 15.2 Å². The maximum atomic E-state index is 11.1. The van der Waals surface area contributed by atoms with Crippen LogP contribution in [0.2, 0.25) is 0 Å². The topological polar surface area (TPSA) is 85.0 Å². The van der Waals surface area contributed by atoms with Gasteiger partial charge >= 0.3 is 0 Å². The van der Waals surface area contributed by atoms with E-state index in [1.807, 2.05) is 6.92 Å². The fraction of sp³-hybridized carbons (Fsp3) is 0.636. The first-order valence-electron chi connectivity index (χ1n) is 6.00. The molecule has 0 aliphatic carbocycles. The van der Waals surface area contributed by atoms with Gasteiger partial charge in [0.15, 0.2) is 5.69 Å². The second kappa shape index (κ2) is 5.07. The van der Waals surface area contributed by atoms with Crippen LogP contribution in [0.3, 0.4) is 0 Å². The summed E-state index contributed by atoms with van der Waals surface area (Å²) < 4.78 is 0. The first-order chi connectivity index (χ1) is 8.22. The van der Waals surface area contributed by atoms with Crippen LogP contribution in [0, 0.1) is 0 Å². The molecule has 0 unspecified atom stereocenters. The first kappa shape index (κ1) is 11.8. The van der Waals surface area contributed by atoms with E-state index in [4.69, 9.17) is 5.73 Å². The van der Waals surface area contributed by atoms with Crippen LogP contribution in [-0.4, -0.2) is 34.2 Å². The molecule has 0 radical (unpaired) electrons. The predicted molar refractivity (Wildman–Crippen MR) is 63.8 cm³/mol. The van der Waals surface area contributed by atoms with Crippen LogP contribution in [0.4, 0.5) is 5.95 Å². The molecule has 6 heteroatoms. The third-order valence-corrected chi connectivity index (χ3v) is 2.95. The fourth-order valence-corrected chi connectivity index (χ4v) is 2.01. The summed E-state index contributed by atoms with van der Waals surface area (Å²) in [5.41, 5.74) is 6.04. The van der Waals surface area contributed by atoms with Crippen molar-refractivity contribution in [3.05, 3.63) is 11.4 Å². The van der Waals surface area contributed by atoms with Crippen LogP contribution >= 0.6 is 0 Å². The minimum Gasteiger partial charge on any atom is -0.364 e. The lowest BCUT2D eigenvalue weighted by Gasteiger charge is -2.26. The molecular formula is C11H17N5O. The molecule has 2 rings (SSSR count). The normalized spacial score (nSPS) is 15.9. The number of amides is 1. The number of rotatable bonds is 3. The van der Waals surface area contributed by atoms with E-state index in [1.165, 1.54) is 6.42 Å². The quantitative estimate of drug-likeness (QED) is 0.825. The largest absolute Gasteiger partial charge is 0.364 e. The third kappa shape index (κ3) is 2.51. The molecule has 2 heterocycles. The molecule has 1 aliphatic heterocycles. The van der Waals surface area contributed by atoms with Crippen molar-refractivity contribution in [2.45, 2.75) is 32.6 Å². The van der Waals surface area contributed by atoms with Crippen molar-refractivity contribution in [3.8, 4) is 0 Å². The van der Waals surface area contributed by atoms with Crippen molar-refractivity contribution in [2.75, 3.05) is 18.0 Å². The summed E-state index contributed by atoms with van der Waals surface area (Å²) in [4.78, 5) is 17.6. The number of primary amides is 1. The summed E-state index contributed by atoms with van der Waals surface area (Å²) in [5.74, 6) is 0.0543. The van der Waals surface area contributed by atoms with E-state index in [0.29, 0.717) is 18.1 Å². The fourth-order valence-electron chi connectivity index (χ4n) is 2.01. The Bertz CT molecular complexity index is 414. The highest BCUT2D eigenvalue weighted by molar-refractivity contribution is 5.91. The Hall–Kier alpha value is -1.72. The summed E-state index contributed by atoms with van der Waals surface area (Å²) in [6.45, 7) is 3.85. The Labute approximate surface area is 100 Å². The molecule has 1 aliphatic rings. The Morgan fingerprint density at radius 1 is 1.29 bits per heavy atom. The summed E-state index contributed by atoms with van der Waals surface area (Å²) >= 11 is 0. The van der Waals surface area contributed by atoms with Gasteiger partial charge in [-0.3, -0.25) is 4.79 Å². The van der Waals surface area contributed by atoms with E-state index < -0.39 is 5.91 Å². The van der Waals surface area contributed by atoms with Gasteiger partial charge in [0.2, 0.25) is 5.95 Å². The molecule has 1 fully saturated rings. The third-order valence-electron chi connectivity index (χ3n) is 2.95. The molecule has 2 N–H and O–H groups in total. The highest BCUT2D eigenvalue weighted by atomic mass is 16.1. The molecule has 0 bridgehead atoms. The van der Waals surface area contributed by atoms with Crippen LogP contribution in [0.25, 0.3) is 0 Å². The van der Waals surface area contributed by atoms with Crippen LogP contribution in [0.15, 0.2) is 0 Å². The van der Waals surface area contributed by atoms with E-state index in [0.717, 1.165) is 25.9 Å². The average Bonchev–Trinajstić information content (AvgIpc) is 2.39. The molecule has 1 saturated heterocycles. The molecule has 1 amide bonds. The molecule has 0 atom stereocenters. The maximum absolute atomic E-state index is 11.1. The number of nitrogens with two attached hydrogens (primary N) is 1. The maximum Gasteiger partial charge on any atom is 0.271 e. The average molecular weight is 235 g/mol. The monoisotopic (exact) mass is 235 g/mol. The molecule has 92 valence electrons. The van der Waals surface area contributed by atoms with Gasteiger partial charge in [-0.1, -0.05) is 6.92 Å². The number of hydrogen-bond acceptors (Lipinski definition) is 5. The van der Waals surface area contributed by atoms with E-state index in [9.17, 15) is 4.79 Å². The van der Waals surface area contributed by atoms with Gasteiger partial charge in [-0.15, -0.1) is 10.2 Å². The van der Waals surface area contributed by atoms with E-state index in [-0.39, 0.29) is 5.69 Å². The van der Waals surface area contributed by atoms with Crippen LogP contribution in [-0.2, 0) is 6.42 Å². The molecule has 0 saturated carbocycles. The van der Waals surface area contributed by atoms with Crippen molar-refractivity contribution >= 4 is 11.9 Å². The lowest BCUT2D eigenvalue weighted by molar-refractivity contribution is 0.0993. The molecule has 0 aromatic carbocycles. The number of aromatic nitrogens is 3. The number of carbonyl (C=O) groups is 1. The molecule has 0 spiro atoms. The highest BCUT2D eigenvalue weighted by Gasteiger charge is 2.17. The lowest BCUT2D eigenvalue weighted by Crippen LogP contribution is -2.32. The first-order valence-corrected chi connectivity index (χ1v) is 6.00. The zero-order chi connectivity index (χ0) is 12.3. The predicted octanol–water partition coefficient (Wildman–Crippen LogP) is 0.523. The Morgan fingerprint density at radius 3 is 2.59 bits per heavy atom. The zero-order valence-electron chi connectivity index (χ0n) is 10.0. The van der Waals surface area contributed by atoms with E-state index >= 15 is 0 Å². The lowest BCUT2D eigenvalue weighted by atomic mass is 10.1. The standard InChI is InChI=1S/C11H17N5O/c1-2-8-9(10(12)17)14-15-11(13-8)16-6-4-3-5-7-16/h2-7H2,1H3,(H2,12,17). The zero-order valence-corrected chi connectivity index (χ0v) is 10.0. The van der Waals surface area contributed by atoms with Gasteiger partial charge in [0, 0.05) is 13.1 Å². The Kier molecular flexibility index (Phi) is 3.51. The molecule has 1 aromatic heterocycles. The van der Waals surface area contributed by atoms with Gasteiger partial charge in [0.25, 0.3) is 5.91 Å². The van der Waals surface area contributed by atoms with Gasteiger partial charge in [-0.05, 0) is 25.7 Å². The molecule has 6 nitrogen and oxygen atoms in total. The van der Waals surface area contributed by atoms with Gasteiger partial charge in [-0.2, -0.15) is 0 Å². The van der Waals surface area contributed by atoms with Crippen molar-refractivity contribution < 1.29 is 4.79 Å². The number of hydrogen-bond donors (Lipinski definition) is 1. The van der Waals surface area contributed by atoms with E-state index in [2.05, 4.69) is 20.1 Å². The number of aryl methyl sites for hydroxylation is 1. The number of nitrogens with zero attached hydrogens (tertiary/aromatic N) is 4. The SMILES string of the molecule is CCc1nc(N2CCCCC2)nnc1C(N)=O. The number of piperidine rings is 1. The Morgan fingerprint density at radius 2 is 2.00 bits per heavy atom. The van der Waals surface area contributed by atoms with Crippen LogP contribution in [0.1, 0.15) is 42.4 Å². The van der Waals surface area contributed by atoms with Gasteiger partial charge in [0.1, 0.15) is 0 Å². The summed E-state index contributed by atoms with van der Waals surface area (Å²) in [7, 11) is 0. The molecular weight excluding hydrogens is 218 g/mol. The Balaban J connectivity index is 2.27. The number of anilines is 1. The minimum absolute atomic E-state index is 0.188. The summed E-state index contributed by atoms with van der Waals surface area (Å²) in [5, 5.41) is 7.89. The summed E-state index contributed by atoms with van der Waals surface area (Å²) in [6, 6.07) is 0. The highest BCUT2D eigenvalue weighted by Crippen LogP contribution is 2.16. The van der Waals surface area contributed by atoms with Gasteiger partial charge < -0.3 is 10.6 Å². The van der Waals surface area contributed by atoms with E-state index in [1.54, 1.807) is 0 Å². The smallest absolute Gasteiger partial charge is 0.271 e. The van der Waals surface area contributed by atoms with Crippen molar-refractivity contribution in [3.63, 3.8) is 0 Å². The second-order valence-corrected chi connectivity index (χ2v) is 4.17. The second-order valence-electron chi connectivity index (χ2n) is 4.17.